The van der Waals surface area contributed by atoms with Gasteiger partial charge in [0.05, 0.1) is 6.04 Å². The largest absolute Gasteiger partial charge is 0.336 e. The second-order valence-electron chi connectivity index (χ2n) is 5.45. The van der Waals surface area contributed by atoms with Gasteiger partial charge in [0, 0.05) is 12.1 Å². The van der Waals surface area contributed by atoms with E-state index in [1.807, 2.05) is 0 Å². The van der Waals surface area contributed by atoms with Crippen LogP contribution in [0.2, 0.25) is 0 Å². The number of hydrogen-bond acceptors (Lipinski definition) is 2. The minimum absolute atomic E-state index is 0.0798. The standard InChI is InChI=1S/C13H24N2O/c1-3-14-11-7-6-10-15(12(11)16)13(2)8-4-5-9-13/h11,14H,3-10H2,1-2H3. The smallest absolute Gasteiger partial charge is 0.240 e. The first-order valence-corrected chi connectivity index (χ1v) is 6.72. The summed E-state index contributed by atoms with van der Waals surface area (Å²) in [6.45, 7) is 6.20. The van der Waals surface area contributed by atoms with Gasteiger partial charge in [0.15, 0.2) is 0 Å². The zero-order chi connectivity index (χ0) is 11.6. The van der Waals surface area contributed by atoms with E-state index in [4.69, 9.17) is 0 Å². The van der Waals surface area contributed by atoms with Crippen molar-refractivity contribution in [1.29, 1.82) is 0 Å². The van der Waals surface area contributed by atoms with Crippen LogP contribution in [0, 0.1) is 0 Å². The summed E-state index contributed by atoms with van der Waals surface area (Å²) in [6, 6.07) is 0.0798. The van der Waals surface area contributed by atoms with Crippen molar-refractivity contribution in [3.63, 3.8) is 0 Å². The Morgan fingerprint density at radius 3 is 2.69 bits per heavy atom. The van der Waals surface area contributed by atoms with Gasteiger partial charge in [-0.05, 0) is 39.2 Å². The molecule has 2 aliphatic rings. The van der Waals surface area contributed by atoms with Crippen molar-refractivity contribution in [2.45, 2.75) is 64.0 Å². The SMILES string of the molecule is CCNC1CCCN(C2(C)CCCC2)C1=O. The minimum atomic E-state index is 0.0798. The van der Waals surface area contributed by atoms with E-state index < -0.39 is 0 Å². The maximum Gasteiger partial charge on any atom is 0.240 e. The number of hydrogen-bond donors (Lipinski definition) is 1. The number of amides is 1. The molecule has 3 nitrogen and oxygen atoms in total. The van der Waals surface area contributed by atoms with E-state index in [0.717, 1.165) is 25.9 Å². The van der Waals surface area contributed by atoms with Crippen molar-refractivity contribution in [3.05, 3.63) is 0 Å². The van der Waals surface area contributed by atoms with E-state index in [9.17, 15) is 4.79 Å². The summed E-state index contributed by atoms with van der Waals surface area (Å²) < 4.78 is 0. The summed E-state index contributed by atoms with van der Waals surface area (Å²) in [5.41, 5.74) is 0.158. The number of carbonyl (C=O) groups is 1. The fraction of sp³-hybridized carbons (Fsp3) is 0.923. The maximum absolute atomic E-state index is 12.4. The third-order valence-electron chi connectivity index (χ3n) is 4.22. The lowest BCUT2D eigenvalue weighted by Crippen LogP contribution is -2.58. The summed E-state index contributed by atoms with van der Waals surface area (Å²) >= 11 is 0. The molecule has 0 aromatic carbocycles. The number of rotatable bonds is 3. The van der Waals surface area contributed by atoms with Gasteiger partial charge in [-0.25, -0.2) is 0 Å². The molecule has 92 valence electrons. The van der Waals surface area contributed by atoms with Gasteiger partial charge < -0.3 is 10.2 Å². The number of carbonyl (C=O) groups excluding carboxylic acids is 1. The van der Waals surface area contributed by atoms with E-state index in [-0.39, 0.29) is 11.6 Å². The van der Waals surface area contributed by atoms with E-state index in [0.29, 0.717) is 5.91 Å². The van der Waals surface area contributed by atoms with E-state index >= 15 is 0 Å². The van der Waals surface area contributed by atoms with Crippen molar-refractivity contribution in [2.24, 2.45) is 0 Å². The van der Waals surface area contributed by atoms with Crippen molar-refractivity contribution >= 4 is 5.91 Å². The third kappa shape index (κ3) is 2.10. The molecule has 0 spiro atoms. The van der Waals surface area contributed by atoms with Crippen LogP contribution >= 0.6 is 0 Å². The quantitative estimate of drug-likeness (QED) is 0.794. The van der Waals surface area contributed by atoms with Crippen molar-refractivity contribution in [2.75, 3.05) is 13.1 Å². The lowest BCUT2D eigenvalue weighted by atomic mass is 9.92. The molecule has 1 unspecified atom stereocenters. The van der Waals surface area contributed by atoms with Crippen molar-refractivity contribution in [1.82, 2.24) is 10.2 Å². The van der Waals surface area contributed by atoms with E-state index in [1.165, 1.54) is 25.7 Å². The lowest BCUT2D eigenvalue weighted by molar-refractivity contribution is -0.142. The monoisotopic (exact) mass is 224 g/mol. The molecule has 0 bridgehead atoms. The van der Waals surface area contributed by atoms with Gasteiger partial charge in [-0.15, -0.1) is 0 Å². The molecular weight excluding hydrogens is 200 g/mol. The van der Waals surface area contributed by atoms with Crippen molar-refractivity contribution in [3.8, 4) is 0 Å². The van der Waals surface area contributed by atoms with Crippen LogP contribution < -0.4 is 5.32 Å². The molecule has 2 fully saturated rings. The van der Waals surface area contributed by atoms with Gasteiger partial charge in [-0.2, -0.15) is 0 Å². The lowest BCUT2D eigenvalue weighted by Gasteiger charge is -2.43. The van der Waals surface area contributed by atoms with Gasteiger partial charge in [0.25, 0.3) is 0 Å². The van der Waals surface area contributed by atoms with Crippen LogP contribution in [-0.4, -0.2) is 35.5 Å². The van der Waals surface area contributed by atoms with Crippen LogP contribution in [0.25, 0.3) is 0 Å². The minimum Gasteiger partial charge on any atom is -0.336 e. The van der Waals surface area contributed by atoms with Crippen molar-refractivity contribution < 1.29 is 4.79 Å². The Morgan fingerprint density at radius 1 is 1.38 bits per heavy atom. The predicted molar refractivity (Wildman–Crippen MR) is 65.3 cm³/mol. The number of nitrogens with one attached hydrogen (secondary N) is 1. The summed E-state index contributed by atoms with van der Waals surface area (Å²) in [5.74, 6) is 0.345. The molecule has 1 N–H and O–H groups in total. The number of likely N-dealkylation sites (tertiary alicyclic amines) is 1. The average molecular weight is 224 g/mol. The second-order valence-corrected chi connectivity index (χ2v) is 5.45. The van der Waals surface area contributed by atoms with Gasteiger partial charge in [-0.3, -0.25) is 4.79 Å². The van der Waals surface area contributed by atoms with Crippen LogP contribution in [0.15, 0.2) is 0 Å². The molecule has 1 aliphatic heterocycles. The second kappa shape index (κ2) is 4.74. The van der Waals surface area contributed by atoms with Gasteiger partial charge >= 0.3 is 0 Å². The van der Waals surface area contributed by atoms with Gasteiger partial charge in [-0.1, -0.05) is 19.8 Å². The van der Waals surface area contributed by atoms with Crippen LogP contribution in [-0.2, 0) is 4.79 Å². The molecule has 1 saturated carbocycles. The number of piperidine rings is 1. The summed E-state index contributed by atoms with van der Waals surface area (Å²) in [7, 11) is 0. The van der Waals surface area contributed by atoms with E-state index in [2.05, 4.69) is 24.1 Å². The molecule has 1 saturated heterocycles. The first kappa shape index (κ1) is 11.9. The van der Waals surface area contributed by atoms with E-state index in [1.54, 1.807) is 0 Å². The Morgan fingerprint density at radius 2 is 2.06 bits per heavy atom. The zero-order valence-corrected chi connectivity index (χ0v) is 10.6. The Hall–Kier alpha value is -0.570. The molecule has 16 heavy (non-hydrogen) atoms. The van der Waals surface area contributed by atoms with Crippen LogP contribution in [0.1, 0.15) is 52.4 Å². The highest BCUT2D eigenvalue weighted by molar-refractivity contribution is 5.83. The summed E-state index contributed by atoms with van der Waals surface area (Å²) in [4.78, 5) is 14.5. The molecule has 0 aromatic rings. The first-order valence-electron chi connectivity index (χ1n) is 6.72. The molecule has 2 rings (SSSR count). The molecule has 1 heterocycles. The molecule has 1 amide bonds. The fourth-order valence-electron chi connectivity index (χ4n) is 3.25. The summed E-state index contributed by atoms with van der Waals surface area (Å²) in [6.07, 6.45) is 7.12. The number of likely N-dealkylation sites (N-methyl/N-ethyl adjacent to an activating group) is 1. The molecule has 1 aliphatic carbocycles. The Bertz CT molecular complexity index is 257. The Labute approximate surface area is 98.6 Å². The van der Waals surface area contributed by atoms with Crippen LogP contribution in [0.3, 0.4) is 0 Å². The highest BCUT2D eigenvalue weighted by Crippen LogP contribution is 2.36. The average Bonchev–Trinajstić information content (AvgIpc) is 2.70. The zero-order valence-electron chi connectivity index (χ0n) is 10.6. The predicted octanol–water partition coefficient (Wildman–Crippen LogP) is 1.92. The van der Waals surface area contributed by atoms with Crippen LogP contribution in [0.4, 0.5) is 0 Å². The summed E-state index contributed by atoms with van der Waals surface area (Å²) in [5, 5.41) is 3.31. The molecule has 0 aromatic heterocycles. The third-order valence-corrected chi connectivity index (χ3v) is 4.22. The molecule has 1 atom stereocenters. The normalized spacial score (nSPS) is 29.8. The molecular formula is C13H24N2O. The molecule has 0 radical (unpaired) electrons. The Balaban J connectivity index is 2.06. The van der Waals surface area contributed by atoms with Gasteiger partial charge in [0.2, 0.25) is 5.91 Å². The first-order chi connectivity index (χ1) is 7.67. The van der Waals surface area contributed by atoms with Gasteiger partial charge in [0.1, 0.15) is 0 Å². The Kier molecular flexibility index (Phi) is 3.53. The maximum atomic E-state index is 12.4. The topological polar surface area (TPSA) is 32.3 Å². The highest BCUT2D eigenvalue weighted by Gasteiger charge is 2.41. The van der Waals surface area contributed by atoms with Crippen LogP contribution in [0.5, 0.6) is 0 Å². The fourth-order valence-corrected chi connectivity index (χ4v) is 3.25. The molecule has 3 heteroatoms. The number of nitrogens with zero attached hydrogens (tertiary/aromatic N) is 1. The highest BCUT2D eigenvalue weighted by atomic mass is 16.2.